The van der Waals surface area contributed by atoms with Gasteiger partial charge < -0.3 is 16.4 Å². The molecule has 0 unspecified atom stereocenters. The molecular formula is C16H24BrN3O2. The molecule has 1 aromatic carbocycles. The Labute approximate surface area is 140 Å². The van der Waals surface area contributed by atoms with E-state index < -0.39 is 0 Å². The van der Waals surface area contributed by atoms with Crippen LogP contribution in [0.15, 0.2) is 22.7 Å². The maximum atomic E-state index is 11.8. The smallest absolute Gasteiger partial charge is 0.243 e. The molecule has 122 valence electrons. The second-order valence-corrected chi connectivity index (χ2v) is 6.15. The lowest BCUT2D eigenvalue weighted by Gasteiger charge is -2.09. The van der Waals surface area contributed by atoms with Gasteiger partial charge in [0.25, 0.3) is 0 Å². The van der Waals surface area contributed by atoms with Gasteiger partial charge in [0.15, 0.2) is 0 Å². The van der Waals surface area contributed by atoms with Crippen molar-refractivity contribution < 1.29 is 9.59 Å². The average molecular weight is 370 g/mol. The Kier molecular flexibility index (Phi) is 8.77. The van der Waals surface area contributed by atoms with Crippen LogP contribution in [0.5, 0.6) is 0 Å². The van der Waals surface area contributed by atoms with Gasteiger partial charge >= 0.3 is 0 Å². The van der Waals surface area contributed by atoms with Crippen LogP contribution in [-0.4, -0.2) is 24.9 Å². The van der Waals surface area contributed by atoms with Crippen LogP contribution in [0.25, 0.3) is 0 Å². The van der Waals surface area contributed by atoms with Gasteiger partial charge in [-0.15, -0.1) is 0 Å². The molecule has 0 aromatic heterocycles. The Hall–Kier alpha value is -1.40. The summed E-state index contributed by atoms with van der Waals surface area (Å²) in [6.07, 6.45) is 4.32. The molecule has 0 saturated heterocycles. The second kappa shape index (κ2) is 10.3. The normalized spacial score (nSPS) is 10.3. The van der Waals surface area contributed by atoms with Gasteiger partial charge in [-0.25, -0.2) is 0 Å². The minimum atomic E-state index is -0.224. The molecule has 0 aliphatic heterocycles. The highest BCUT2D eigenvalue weighted by Crippen LogP contribution is 2.20. The molecule has 1 rings (SSSR count). The molecule has 0 bridgehead atoms. The summed E-state index contributed by atoms with van der Waals surface area (Å²) < 4.78 is 0.898. The Balaban J connectivity index is 2.25. The monoisotopic (exact) mass is 369 g/mol. The summed E-state index contributed by atoms with van der Waals surface area (Å²) in [6.45, 7) is 2.61. The fraction of sp³-hybridized carbons (Fsp3) is 0.500. The van der Waals surface area contributed by atoms with Crippen molar-refractivity contribution in [2.24, 2.45) is 5.73 Å². The zero-order valence-corrected chi connectivity index (χ0v) is 14.5. The highest BCUT2D eigenvalue weighted by Gasteiger charge is 2.07. The van der Waals surface area contributed by atoms with Crippen LogP contribution in [0.3, 0.4) is 0 Å². The molecule has 0 atom stereocenters. The highest BCUT2D eigenvalue weighted by molar-refractivity contribution is 9.10. The van der Waals surface area contributed by atoms with Crippen molar-refractivity contribution >= 4 is 33.4 Å². The van der Waals surface area contributed by atoms with Gasteiger partial charge in [-0.3, -0.25) is 9.59 Å². The first-order valence-electron chi connectivity index (χ1n) is 7.55. The van der Waals surface area contributed by atoms with E-state index in [2.05, 4.69) is 26.6 Å². The molecule has 5 nitrogen and oxygen atoms in total. The van der Waals surface area contributed by atoms with E-state index in [0.717, 1.165) is 41.4 Å². The fourth-order valence-electron chi connectivity index (χ4n) is 1.97. The minimum Gasteiger partial charge on any atom is -0.347 e. The van der Waals surface area contributed by atoms with Crippen molar-refractivity contribution in [1.29, 1.82) is 0 Å². The van der Waals surface area contributed by atoms with Crippen molar-refractivity contribution in [3.63, 3.8) is 0 Å². The number of hydrogen-bond acceptors (Lipinski definition) is 3. The Morgan fingerprint density at radius 2 is 1.86 bits per heavy atom. The van der Waals surface area contributed by atoms with Crippen LogP contribution in [0.2, 0.25) is 0 Å². The number of nitrogens with two attached hydrogens (primary N) is 1. The highest BCUT2D eigenvalue weighted by atomic mass is 79.9. The van der Waals surface area contributed by atoms with E-state index in [1.165, 1.54) is 0 Å². The van der Waals surface area contributed by atoms with Crippen molar-refractivity contribution in [2.75, 3.05) is 18.4 Å². The number of rotatable bonds is 9. The Morgan fingerprint density at radius 3 is 2.59 bits per heavy atom. The number of halogens is 1. The number of benzene rings is 1. The standard InChI is InChI=1S/C16H24BrN3O2/c1-12-7-8-13(17)10-14(12)20-16(22)11-19-15(21)6-4-2-3-5-9-18/h7-8,10H,2-6,9,11,18H2,1H3,(H,19,21)(H,20,22). The van der Waals surface area contributed by atoms with Gasteiger partial charge in [-0.1, -0.05) is 34.8 Å². The SMILES string of the molecule is Cc1ccc(Br)cc1NC(=O)CNC(=O)CCCCCCN. The second-order valence-electron chi connectivity index (χ2n) is 5.24. The number of hydrogen-bond donors (Lipinski definition) is 3. The van der Waals surface area contributed by atoms with Crippen LogP contribution < -0.4 is 16.4 Å². The molecule has 0 saturated carbocycles. The van der Waals surface area contributed by atoms with E-state index >= 15 is 0 Å². The minimum absolute atomic E-state index is 0.00636. The number of nitrogens with one attached hydrogen (secondary N) is 2. The summed E-state index contributed by atoms with van der Waals surface area (Å²) in [5, 5.41) is 5.43. The van der Waals surface area contributed by atoms with E-state index in [4.69, 9.17) is 5.73 Å². The Morgan fingerprint density at radius 1 is 1.14 bits per heavy atom. The van der Waals surface area contributed by atoms with Gasteiger partial charge in [-0.05, 0) is 44.0 Å². The lowest BCUT2D eigenvalue weighted by molar-refractivity contribution is -0.124. The van der Waals surface area contributed by atoms with E-state index in [1.54, 1.807) is 0 Å². The van der Waals surface area contributed by atoms with E-state index in [0.29, 0.717) is 13.0 Å². The first-order valence-corrected chi connectivity index (χ1v) is 8.35. The lowest BCUT2D eigenvalue weighted by atomic mass is 10.1. The van der Waals surface area contributed by atoms with Crippen LogP contribution in [0.4, 0.5) is 5.69 Å². The zero-order chi connectivity index (χ0) is 16.4. The molecule has 2 amide bonds. The zero-order valence-electron chi connectivity index (χ0n) is 13.0. The third-order valence-corrected chi connectivity index (χ3v) is 3.77. The van der Waals surface area contributed by atoms with E-state index in [-0.39, 0.29) is 18.4 Å². The van der Waals surface area contributed by atoms with Gasteiger partial charge in [0.05, 0.1) is 6.54 Å². The van der Waals surface area contributed by atoms with Gasteiger partial charge in [-0.2, -0.15) is 0 Å². The van der Waals surface area contributed by atoms with Crippen molar-refractivity contribution in [3.05, 3.63) is 28.2 Å². The molecule has 22 heavy (non-hydrogen) atoms. The summed E-state index contributed by atoms with van der Waals surface area (Å²) in [5.74, 6) is -0.313. The Bertz CT molecular complexity index is 506. The molecule has 1 aromatic rings. The summed E-state index contributed by atoms with van der Waals surface area (Å²) in [7, 11) is 0. The van der Waals surface area contributed by atoms with E-state index in [9.17, 15) is 9.59 Å². The quantitative estimate of drug-likeness (QED) is 0.585. The largest absolute Gasteiger partial charge is 0.347 e. The number of carbonyl (C=O) groups is 2. The lowest BCUT2D eigenvalue weighted by Crippen LogP contribution is -2.32. The summed E-state index contributed by atoms with van der Waals surface area (Å²) >= 11 is 3.37. The molecule has 0 heterocycles. The molecule has 0 radical (unpaired) electrons. The summed E-state index contributed by atoms with van der Waals surface area (Å²) in [4.78, 5) is 23.5. The topological polar surface area (TPSA) is 84.2 Å². The van der Waals surface area contributed by atoms with Crippen molar-refractivity contribution in [2.45, 2.75) is 39.0 Å². The molecule has 0 aliphatic rings. The third kappa shape index (κ3) is 7.56. The summed E-state index contributed by atoms with van der Waals surface area (Å²) in [6, 6.07) is 5.67. The predicted molar refractivity (Wildman–Crippen MR) is 92.7 cm³/mol. The number of anilines is 1. The molecule has 0 spiro atoms. The maximum Gasteiger partial charge on any atom is 0.243 e. The number of amides is 2. The molecule has 4 N–H and O–H groups in total. The summed E-state index contributed by atoms with van der Waals surface area (Å²) in [5.41, 5.74) is 7.13. The predicted octanol–water partition coefficient (Wildman–Crippen LogP) is 2.72. The molecule has 0 fully saturated rings. The van der Waals surface area contributed by atoms with Crippen LogP contribution in [0, 0.1) is 6.92 Å². The van der Waals surface area contributed by atoms with Crippen LogP contribution >= 0.6 is 15.9 Å². The van der Waals surface area contributed by atoms with E-state index in [1.807, 2.05) is 25.1 Å². The van der Waals surface area contributed by atoms with Crippen molar-refractivity contribution in [3.8, 4) is 0 Å². The van der Waals surface area contributed by atoms with Crippen LogP contribution in [0.1, 0.15) is 37.7 Å². The first kappa shape index (κ1) is 18.6. The number of carbonyl (C=O) groups excluding carboxylic acids is 2. The molecule has 6 heteroatoms. The molecule has 0 aliphatic carbocycles. The maximum absolute atomic E-state index is 11.8. The number of aryl methyl sites for hydroxylation is 1. The average Bonchev–Trinajstić information content (AvgIpc) is 2.49. The number of unbranched alkanes of at least 4 members (excludes halogenated alkanes) is 3. The van der Waals surface area contributed by atoms with Gasteiger partial charge in [0, 0.05) is 16.6 Å². The van der Waals surface area contributed by atoms with Gasteiger partial charge in [0.2, 0.25) is 11.8 Å². The fourth-order valence-corrected chi connectivity index (χ4v) is 2.34. The first-order chi connectivity index (χ1) is 10.5. The third-order valence-electron chi connectivity index (χ3n) is 3.28. The molecular weight excluding hydrogens is 346 g/mol. The van der Waals surface area contributed by atoms with Crippen molar-refractivity contribution in [1.82, 2.24) is 5.32 Å². The van der Waals surface area contributed by atoms with Crippen LogP contribution in [-0.2, 0) is 9.59 Å². The van der Waals surface area contributed by atoms with Gasteiger partial charge in [0.1, 0.15) is 0 Å².